The maximum absolute atomic E-state index is 12.3. The number of anilines is 1. The van der Waals surface area contributed by atoms with Gasteiger partial charge in [-0.2, -0.15) is 0 Å². The third kappa shape index (κ3) is 2.85. The molecule has 0 radical (unpaired) electrons. The maximum atomic E-state index is 12.3. The summed E-state index contributed by atoms with van der Waals surface area (Å²) < 4.78 is 0. The molecule has 0 saturated carbocycles. The van der Waals surface area contributed by atoms with Crippen LogP contribution in [-0.4, -0.2) is 21.7 Å². The summed E-state index contributed by atoms with van der Waals surface area (Å²) >= 11 is 6.23. The molecular weight excluding hydrogens is 302 g/mol. The third-order valence-electron chi connectivity index (χ3n) is 3.67. The molecule has 0 bridgehead atoms. The van der Waals surface area contributed by atoms with E-state index in [2.05, 4.69) is 15.3 Å². The van der Waals surface area contributed by atoms with Crippen molar-refractivity contribution < 1.29 is 9.59 Å². The van der Waals surface area contributed by atoms with E-state index in [0.717, 1.165) is 5.56 Å². The number of amides is 1. The summed E-state index contributed by atoms with van der Waals surface area (Å²) in [7, 11) is 0. The fourth-order valence-corrected chi connectivity index (χ4v) is 2.98. The van der Waals surface area contributed by atoms with Crippen molar-refractivity contribution in [1.29, 1.82) is 0 Å². The maximum Gasteiger partial charge on any atom is 0.229 e. The van der Waals surface area contributed by atoms with Gasteiger partial charge in [0.05, 0.1) is 11.3 Å². The minimum Gasteiger partial charge on any atom is -0.295 e. The van der Waals surface area contributed by atoms with Gasteiger partial charge in [0, 0.05) is 24.6 Å². The highest BCUT2D eigenvalue weighted by atomic mass is 35.5. The molecule has 0 fully saturated rings. The fourth-order valence-electron chi connectivity index (χ4n) is 2.69. The monoisotopic (exact) mass is 315 g/mol. The zero-order valence-electron chi connectivity index (χ0n) is 12.0. The van der Waals surface area contributed by atoms with Gasteiger partial charge in [-0.25, -0.2) is 9.97 Å². The van der Waals surface area contributed by atoms with Crippen molar-refractivity contribution in [2.45, 2.75) is 25.7 Å². The lowest BCUT2D eigenvalue weighted by molar-refractivity contribution is -0.114. The van der Waals surface area contributed by atoms with Gasteiger partial charge in [0.1, 0.15) is 0 Å². The summed E-state index contributed by atoms with van der Waals surface area (Å²) in [5.41, 5.74) is 2.13. The van der Waals surface area contributed by atoms with Gasteiger partial charge in [0.25, 0.3) is 0 Å². The van der Waals surface area contributed by atoms with Crippen molar-refractivity contribution in [1.82, 2.24) is 9.97 Å². The number of fused-ring (bicyclic) bond motifs is 1. The minimum atomic E-state index is -0.246. The van der Waals surface area contributed by atoms with E-state index in [4.69, 9.17) is 11.6 Å². The van der Waals surface area contributed by atoms with E-state index in [1.54, 1.807) is 0 Å². The van der Waals surface area contributed by atoms with Crippen LogP contribution in [0, 0.1) is 0 Å². The van der Waals surface area contributed by atoms with Crippen LogP contribution in [0.3, 0.4) is 0 Å². The van der Waals surface area contributed by atoms with E-state index in [1.165, 1.54) is 13.1 Å². The molecule has 6 heteroatoms. The Morgan fingerprint density at radius 3 is 2.82 bits per heavy atom. The van der Waals surface area contributed by atoms with Crippen molar-refractivity contribution in [2.75, 3.05) is 5.32 Å². The Balaban J connectivity index is 1.95. The normalized spacial score (nSPS) is 17.0. The first-order valence-electron chi connectivity index (χ1n) is 6.95. The highest BCUT2D eigenvalue weighted by molar-refractivity contribution is 6.31. The zero-order chi connectivity index (χ0) is 15.7. The fraction of sp³-hybridized carbons (Fsp3) is 0.250. The lowest BCUT2D eigenvalue weighted by Gasteiger charge is -2.24. The van der Waals surface area contributed by atoms with Crippen LogP contribution >= 0.6 is 11.6 Å². The number of Topliss-reactive ketones (excluding diaryl/α,β-unsaturated/α-hetero) is 1. The second-order valence-electron chi connectivity index (χ2n) is 5.29. The predicted molar refractivity (Wildman–Crippen MR) is 83.2 cm³/mol. The molecule has 0 unspecified atom stereocenters. The number of carbonyl (C=O) groups excluding carboxylic acids is 2. The highest BCUT2D eigenvalue weighted by Crippen LogP contribution is 2.35. The summed E-state index contributed by atoms with van der Waals surface area (Å²) in [6.45, 7) is 1.39. The molecule has 112 valence electrons. The molecule has 3 rings (SSSR count). The number of carbonyl (C=O) groups is 2. The number of rotatable bonds is 2. The van der Waals surface area contributed by atoms with Crippen molar-refractivity contribution in [2.24, 2.45) is 0 Å². The van der Waals surface area contributed by atoms with Gasteiger partial charge in [-0.05, 0) is 24.0 Å². The Morgan fingerprint density at radius 2 is 2.09 bits per heavy atom. The zero-order valence-corrected chi connectivity index (χ0v) is 12.7. The number of ketones is 1. The van der Waals surface area contributed by atoms with Crippen LogP contribution < -0.4 is 5.32 Å². The van der Waals surface area contributed by atoms with Crippen LogP contribution in [0.2, 0.25) is 5.02 Å². The molecule has 1 atom stereocenters. The molecule has 2 aromatic rings. The van der Waals surface area contributed by atoms with Gasteiger partial charge in [-0.3, -0.25) is 14.9 Å². The highest BCUT2D eigenvalue weighted by Gasteiger charge is 2.29. The first-order valence-corrected chi connectivity index (χ1v) is 7.33. The molecule has 0 aliphatic heterocycles. The van der Waals surface area contributed by atoms with Crippen molar-refractivity contribution >= 4 is 29.2 Å². The lowest BCUT2D eigenvalue weighted by atomic mass is 9.82. The average molecular weight is 316 g/mol. The Kier molecular flexibility index (Phi) is 3.90. The van der Waals surface area contributed by atoms with Gasteiger partial charge in [-0.1, -0.05) is 29.8 Å². The van der Waals surface area contributed by atoms with Crippen LogP contribution in [-0.2, 0) is 11.2 Å². The summed E-state index contributed by atoms with van der Waals surface area (Å²) in [5, 5.41) is 3.19. The van der Waals surface area contributed by atoms with Gasteiger partial charge in [0.15, 0.2) is 5.78 Å². The molecule has 22 heavy (non-hydrogen) atoms. The molecule has 1 aromatic heterocycles. The second-order valence-corrected chi connectivity index (χ2v) is 5.69. The molecule has 1 aliphatic carbocycles. The van der Waals surface area contributed by atoms with E-state index in [-0.39, 0.29) is 23.6 Å². The Hall–Kier alpha value is -2.27. The average Bonchev–Trinajstić information content (AvgIpc) is 2.46. The van der Waals surface area contributed by atoms with Crippen LogP contribution in [0.4, 0.5) is 5.95 Å². The van der Waals surface area contributed by atoms with Crippen LogP contribution in [0.1, 0.15) is 40.9 Å². The number of halogens is 1. The summed E-state index contributed by atoms with van der Waals surface area (Å²) in [6.07, 6.45) is 2.47. The van der Waals surface area contributed by atoms with Crippen molar-refractivity contribution in [3.05, 3.63) is 52.3 Å². The van der Waals surface area contributed by atoms with E-state index in [9.17, 15) is 9.59 Å². The smallest absolute Gasteiger partial charge is 0.229 e. The SMILES string of the molecule is CC(=O)Nc1ncc2c(n1)C[C@H](c1ccccc1Cl)CC2=O. The number of hydrogen-bond acceptors (Lipinski definition) is 4. The minimum absolute atomic E-state index is 0.000504. The molecule has 1 N–H and O–H groups in total. The topological polar surface area (TPSA) is 72.0 Å². The molecule has 0 saturated heterocycles. The summed E-state index contributed by atoms with van der Waals surface area (Å²) in [6, 6.07) is 7.52. The van der Waals surface area contributed by atoms with E-state index < -0.39 is 0 Å². The quantitative estimate of drug-likeness (QED) is 0.924. The standard InChI is InChI=1S/C16H14ClN3O2/c1-9(21)19-16-18-8-12-14(20-16)6-10(7-15(12)22)11-4-2-3-5-13(11)17/h2-5,8,10H,6-7H2,1H3,(H,18,19,20,21)/t10-/m0/s1. The molecule has 1 amide bonds. The number of nitrogens with one attached hydrogen (secondary N) is 1. The third-order valence-corrected chi connectivity index (χ3v) is 4.02. The second kappa shape index (κ2) is 5.85. The van der Waals surface area contributed by atoms with Crippen LogP contribution in [0.15, 0.2) is 30.5 Å². The van der Waals surface area contributed by atoms with Crippen molar-refractivity contribution in [3.63, 3.8) is 0 Å². The number of aromatic nitrogens is 2. The van der Waals surface area contributed by atoms with Gasteiger partial charge >= 0.3 is 0 Å². The summed E-state index contributed by atoms with van der Waals surface area (Å²) in [5.74, 6) is -0.0297. The van der Waals surface area contributed by atoms with E-state index in [1.807, 2.05) is 24.3 Å². The van der Waals surface area contributed by atoms with E-state index in [0.29, 0.717) is 29.1 Å². The first kappa shape index (κ1) is 14.7. The van der Waals surface area contributed by atoms with Crippen LogP contribution in [0.25, 0.3) is 0 Å². The largest absolute Gasteiger partial charge is 0.295 e. The first-order chi connectivity index (χ1) is 10.5. The molecule has 1 heterocycles. The molecule has 1 aliphatic rings. The Morgan fingerprint density at radius 1 is 1.32 bits per heavy atom. The molecule has 0 spiro atoms. The summed E-state index contributed by atoms with van der Waals surface area (Å²) in [4.78, 5) is 31.7. The Bertz CT molecular complexity index is 761. The van der Waals surface area contributed by atoms with Crippen molar-refractivity contribution in [3.8, 4) is 0 Å². The predicted octanol–water partition coefficient (Wildman–Crippen LogP) is 3.00. The molecular formula is C16H14ClN3O2. The van der Waals surface area contributed by atoms with E-state index >= 15 is 0 Å². The lowest BCUT2D eigenvalue weighted by Crippen LogP contribution is -2.22. The molecule has 5 nitrogen and oxygen atoms in total. The van der Waals surface area contributed by atoms with Crippen LogP contribution in [0.5, 0.6) is 0 Å². The van der Waals surface area contributed by atoms with Gasteiger partial charge < -0.3 is 0 Å². The van der Waals surface area contributed by atoms with Gasteiger partial charge in [0.2, 0.25) is 11.9 Å². The number of hydrogen-bond donors (Lipinski definition) is 1. The Labute approximate surface area is 132 Å². The van der Waals surface area contributed by atoms with Gasteiger partial charge in [-0.15, -0.1) is 0 Å². The molecule has 1 aromatic carbocycles. The number of nitrogens with zero attached hydrogens (tertiary/aromatic N) is 2. The number of benzene rings is 1.